The molecule has 0 unspecified atom stereocenters. The quantitative estimate of drug-likeness (QED) is 0.162. The molecule has 0 heterocycles. The van der Waals surface area contributed by atoms with Crippen LogP contribution in [0.15, 0.2) is 0 Å². The van der Waals surface area contributed by atoms with Crippen LogP contribution in [-0.2, 0) is 4.74 Å². The molecule has 0 saturated heterocycles. The molecular formula is C22H41Cl3OSi. The average Bonchev–Trinajstić information content (AvgIpc) is 2.65. The van der Waals surface area contributed by atoms with Crippen LogP contribution in [0.5, 0.6) is 0 Å². The van der Waals surface area contributed by atoms with Crippen molar-refractivity contribution >= 4 is 39.2 Å². The molecule has 0 spiro atoms. The van der Waals surface area contributed by atoms with Gasteiger partial charge in [0, 0.05) is 6.61 Å². The van der Waals surface area contributed by atoms with E-state index in [-0.39, 0.29) is 0 Å². The van der Waals surface area contributed by atoms with Gasteiger partial charge in [0.05, 0.1) is 6.10 Å². The van der Waals surface area contributed by atoms with Crippen molar-refractivity contribution in [2.24, 2.45) is 17.8 Å². The summed E-state index contributed by atoms with van der Waals surface area (Å²) < 4.78 is 6.05. The maximum Gasteiger partial charge on any atom is 0.341 e. The number of halogens is 3. The van der Waals surface area contributed by atoms with Crippen molar-refractivity contribution < 1.29 is 4.74 Å². The van der Waals surface area contributed by atoms with Crippen LogP contribution in [0.3, 0.4) is 0 Å². The molecule has 0 atom stereocenters. The molecule has 0 aromatic rings. The summed E-state index contributed by atoms with van der Waals surface area (Å²) in [6, 6.07) is -1.74. The molecule has 0 aliphatic heterocycles. The van der Waals surface area contributed by atoms with E-state index in [4.69, 9.17) is 38.0 Å². The Morgan fingerprint density at radius 2 is 1.33 bits per heavy atom. The van der Waals surface area contributed by atoms with Crippen LogP contribution < -0.4 is 0 Å². The molecule has 0 N–H and O–H groups in total. The second kappa shape index (κ2) is 13.4. The summed E-state index contributed by atoms with van der Waals surface area (Å²) in [5.41, 5.74) is 0. The van der Waals surface area contributed by atoms with E-state index in [0.29, 0.717) is 6.10 Å². The lowest BCUT2D eigenvalue weighted by atomic mass is 9.70. The van der Waals surface area contributed by atoms with Crippen LogP contribution in [0.25, 0.3) is 0 Å². The Morgan fingerprint density at radius 1 is 0.741 bits per heavy atom. The summed E-state index contributed by atoms with van der Waals surface area (Å²) in [7, 11) is 0. The minimum Gasteiger partial charge on any atom is -0.378 e. The fraction of sp³-hybridized carbons (Fsp3) is 1.00. The highest BCUT2D eigenvalue weighted by Gasteiger charge is 2.31. The molecule has 2 fully saturated rings. The van der Waals surface area contributed by atoms with Crippen molar-refractivity contribution in [3.63, 3.8) is 0 Å². The molecule has 5 heteroatoms. The Hall–Kier alpha value is 1.05. The first-order valence-corrected chi connectivity index (χ1v) is 16.9. The van der Waals surface area contributed by atoms with Gasteiger partial charge in [0.1, 0.15) is 0 Å². The van der Waals surface area contributed by atoms with Crippen molar-refractivity contribution in [2.45, 2.75) is 115 Å². The largest absolute Gasteiger partial charge is 0.378 e. The van der Waals surface area contributed by atoms with Crippen molar-refractivity contribution in [3.05, 3.63) is 0 Å². The van der Waals surface area contributed by atoms with Crippen molar-refractivity contribution in [1.82, 2.24) is 0 Å². The highest BCUT2D eigenvalue weighted by atomic mass is 35.8. The molecule has 1 nitrogen and oxygen atoms in total. The van der Waals surface area contributed by atoms with Gasteiger partial charge in [-0.05, 0) is 68.7 Å². The van der Waals surface area contributed by atoms with E-state index < -0.39 is 6.00 Å². The van der Waals surface area contributed by atoms with Crippen LogP contribution in [0.1, 0.15) is 103 Å². The molecular weight excluding hydrogens is 415 g/mol. The molecule has 0 radical (unpaired) electrons. The van der Waals surface area contributed by atoms with E-state index in [1.165, 1.54) is 89.9 Å². The number of hydrogen-bond acceptors (Lipinski definition) is 1. The molecule has 2 aliphatic rings. The maximum atomic E-state index is 6.05. The third-order valence-corrected chi connectivity index (χ3v) is 9.57. The molecule has 160 valence electrons. The first-order valence-electron chi connectivity index (χ1n) is 11.7. The van der Waals surface area contributed by atoms with Gasteiger partial charge in [-0.25, -0.2) is 0 Å². The standard InChI is InChI=1S/C22H41Cl3OSi/c1-2-3-4-5-6-8-19-9-11-20(12-10-19)21-13-15-22(16-14-21)26-17-7-18-27(23,24)25/h19-22H,2-18H2,1H3/t19-,20-,21-,22-. The van der Waals surface area contributed by atoms with E-state index >= 15 is 0 Å². The van der Waals surface area contributed by atoms with Crippen molar-refractivity contribution in [2.75, 3.05) is 6.61 Å². The summed E-state index contributed by atoms with van der Waals surface area (Å²) in [5.74, 6) is 2.99. The molecule has 0 aromatic carbocycles. The summed E-state index contributed by atoms with van der Waals surface area (Å²) in [4.78, 5) is 0. The maximum absolute atomic E-state index is 6.05. The van der Waals surface area contributed by atoms with Gasteiger partial charge in [0.25, 0.3) is 0 Å². The normalized spacial score (nSPS) is 29.8. The van der Waals surface area contributed by atoms with Gasteiger partial charge in [-0.15, -0.1) is 33.2 Å². The zero-order valence-corrected chi connectivity index (χ0v) is 20.6. The summed E-state index contributed by atoms with van der Waals surface area (Å²) in [6.45, 7) is 3.06. The Kier molecular flexibility index (Phi) is 12.0. The Morgan fingerprint density at radius 3 is 1.93 bits per heavy atom. The zero-order valence-electron chi connectivity index (χ0n) is 17.4. The van der Waals surface area contributed by atoms with E-state index in [0.717, 1.165) is 36.8 Å². The van der Waals surface area contributed by atoms with E-state index in [1.807, 2.05) is 0 Å². The minimum atomic E-state index is -2.46. The number of ether oxygens (including phenoxy) is 1. The van der Waals surface area contributed by atoms with Crippen LogP contribution in [0.4, 0.5) is 0 Å². The lowest BCUT2D eigenvalue weighted by Gasteiger charge is -2.38. The third kappa shape index (κ3) is 10.6. The van der Waals surface area contributed by atoms with Crippen LogP contribution in [0, 0.1) is 17.8 Å². The second-order valence-electron chi connectivity index (χ2n) is 9.11. The monoisotopic (exact) mass is 454 g/mol. The van der Waals surface area contributed by atoms with Crippen molar-refractivity contribution in [1.29, 1.82) is 0 Å². The van der Waals surface area contributed by atoms with E-state index in [9.17, 15) is 0 Å². The van der Waals surface area contributed by atoms with Gasteiger partial charge in [-0.3, -0.25) is 0 Å². The topological polar surface area (TPSA) is 9.23 Å². The molecule has 2 saturated carbocycles. The first-order chi connectivity index (χ1) is 13.0. The zero-order chi connectivity index (χ0) is 19.5. The van der Waals surface area contributed by atoms with E-state index in [1.54, 1.807) is 0 Å². The van der Waals surface area contributed by atoms with Gasteiger partial charge in [0.2, 0.25) is 0 Å². The molecule has 27 heavy (non-hydrogen) atoms. The van der Waals surface area contributed by atoms with Gasteiger partial charge in [0.15, 0.2) is 0 Å². The van der Waals surface area contributed by atoms with Crippen LogP contribution in [-0.4, -0.2) is 18.7 Å². The Balaban J connectivity index is 1.52. The predicted molar refractivity (Wildman–Crippen MR) is 123 cm³/mol. The highest BCUT2D eigenvalue weighted by Crippen LogP contribution is 2.41. The smallest absolute Gasteiger partial charge is 0.341 e. The van der Waals surface area contributed by atoms with Crippen molar-refractivity contribution in [3.8, 4) is 0 Å². The van der Waals surface area contributed by atoms with Crippen LogP contribution >= 0.6 is 33.2 Å². The summed E-state index contributed by atoms with van der Waals surface area (Å²) >= 11 is 17.8. The Labute approximate surface area is 183 Å². The molecule has 2 aliphatic carbocycles. The van der Waals surface area contributed by atoms with E-state index in [2.05, 4.69) is 6.92 Å². The highest BCUT2D eigenvalue weighted by molar-refractivity contribution is 7.64. The number of unbranched alkanes of at least 4 members (excludes halogenated alkanes) is 4. The molecule has 0 bridgehead atoms. The van der Waals surface area contributed by atoms with Gasteiger partial charge < -0.3 is 4.74 Å². The van der Waals surface area contributed by atoms with Crippen LogP contribution in [0.2, 0.25) is 6.04 Å². The molecule has 2 rings (SSSR count). The minimum absolute atomic E-state index is 0.456. The Bertz CT molecular complexity index is 372. The van der Waals surface area contributed by atoms with Gasteiger partial charge >= 0.3 is 6.00 Å². The average molecular weight is 456 g/mol. The second-order valence-corrected chi connectivity index (χ2v) is 18.4. The summed E-state index contributed by atoms with van der Waals surface area (Å²) in [6.07, 6.45) is 21.2. The summed E-state index contributed by atoms with van der Waals surface area (Å²) in [5, 5.41) is 0. The predicted octanol–water partition coefficient (Wildman–Crippen LogP) is 8.77. The fourth-order valence-electron chi connectivity index (χ4n) is 5.23. The molecule has 0 amide bonds. The van der Waals surface area contributed by atoms with Gasteiger partial charge in [-0.1, -0.05) is 58.3 Å². The number of hydrogen-bond donors (Lipinski definition) is 0. The SMILES string of the molecule is CCCCCCC[C@H]1CC[C@H]([C@H]2CC[C@H](OCCC[Si](Cl)(Cl)Cl)CC2)CC1. The van der Waals surface area contributed by atoms with Gasteiger partial charge in [-0.2, -0.15) is 0 Å². The third-order valence-electron chi connectivity index (χ3n) is 6.95. The molecule has 0 aromatic heterocycles. The lowest BCUT2D eigenvalue weighted by molar-refractivity contribution is 0.00726. The first kappa shape index (κ1) is 24.3. The fourth-order valence-corrected chi connectivity index (χ4v) is 6.98. The lowest BCUT2D eigenvalue weighted by Crippen LogP contribution is -2.29. The number of rotatable bonds is 12.